The van der Waals surface area contributed by atoms with Gasteiger partial charge in [0.1, 0.15) is 42.7 Å². The molecule has 7 fully saturated rings. The zero-order valence-corrected chi connectivity index (χ0v) is 41.2. The first-order valence-electron chi connectivity index (χ1n) is 24.9. The van der Waals surface area contributed by atoms with Crippen molar-refractivity contribution in [2.75, 3.05) is 19.8 Å². The Balaban J connectivity index is 1.01. The van der Waals surface area contributed by atoms with E-state index in [0.717, 1.165) is 58.8 Å². The van der Waals surface area contributed by atoms with Gasteiger partial charge in [0.15, 0.2) is 31.1 Å². The number of hydrogen-bond acceptors (Lipinski definition) is 17. The van der Waals surface area contributed by atoms with Gasteiger partial charge in [-0.3, -0.25) is 14.4 Å². The molecular formula is C50H78O18. The van der Waals surface area contributed by atoms with E-state index >= 15 is 0 Å². The number of hydrogen-bond donors (Lipinski definition) is 7. The summed E-state index contributed by atoms with van der Waals surface area (Å²) in [5, 5.41) is 78.3. The number of rotatable bonds is 10. The Labute approximate surface area is 399 Å². The van der Waals surface area contributed by atoms with Gasteiger partial charge < -0.3 is 73.6 Å². The van der Waals surface area contributed by atoms with Crippen molar-refractivity contribution in [1.29, 1.82) is 0 Å². The van der Waals surface area contributed by atoms with Crippen molar-refractivity contribution in [2.45, 2.75) is 213 Å². The van der Waals surface area contributed by atoms with Gasteiger partial charge in [0.05, 0.1) is 37.4 Å². The Kier molecular flexibility index (Phi) is 14.2. The molecule has 4 saturated carbocycles. The average Bonchev–Trinajstić information content (AvgIpc) is 3.26. The zero-order valence-electron chi connectivity index (χ0n) is 41.2. The smallest absolute Gasteiger partial charge is 0.310 e. The lowest BCUT2D eigenvalue weighted by Crippen LogP contribution is -2.67. The van der Waals surface area contributed by atoms with Crippen LogP contribution in [0.2, 0.25) is 0 Å². The minimum absolute atomic E-state index is 0.00674. The Bertz CT molecular complexity index is 1930. The van der Waals surface area contributed by atoms with Crippen LogP contribution in [0.15, 0.2) is 11.6 Å². The van der Waals surface area contributed by atoms with Crippen LogP contribution in [-0.4, -0.2) is 159 Å². The fourth-order valence-electron chi connectivity index (χ4n) is 15.2. The van der Waals surface area contributed by atoms with Crippen molar-refractivity contribution in [1.82, 2.24) is 0 Å². The van der Waals surface area contributed by atoms with Crippen LogP contribution < -0.4 is 0 Å². The second-order valence-electron chi connectivity index (χ2n) is 23.6. The van der Waals surface area contributed by atoms with Gasteiger partial charge in [-0.25, -0.2) is 0 Å². The fourth-order valence-corrected chi connectivity index (χ4v) is 15.2. The summed E-state index contributed by atoms with van der Waals surface area (Å²) in [6.45, 7) is 16.6. The average molecular weight is 967 g/mol. The number of carboxylic acids is 1. The number of ether oxygens (including phenoxy) is 8. The maximum absolute atomic E-state index is 13.2. The van der Waals surface area contributed by atoms with E-state index in [9.17, 15) is 50.1 Å². The lowest BCUT2D eigenvalue weighted by Gasteiger charge is -2.71. The molecule has 0 aromatic rings. The maximum atomic E-state index is 13.2. The van der Waals surface area contributed by atoms with Crippen molar-refractivity contribution in [3.8, 4) is 0 Å². The van der Waals surface area contributed by atoms with Crippen molar-refractivity contribution in [3.05, 3.63) is 11.6 Å². The van der Waals surface area contributed by atoms with Crippen LogP contribution in [0.4, 0.5) is 0 Å². The molecule has 0 aromatic carbocycles. The summed E-state index contributed by atoms with van der Waals surface area (Å²) in [5.41, 5.74) is -0.653. The molecule has 386 valence electrons. The zero-order chi connectivity index (χ0) is 49.7. The number of allylic oxidation sites excluding steroid dienone is 2. The molecule has 0 spiro atoms. The quantitative estimate of drug-likeness (QED) is 0.0942. The number of esters is 2. The van der Waals surface area contributed by atoms with E-state index in [0.29, 0.717) is 19.3 Å². The Morgan fingerprint density at radius 1 is 0.691 bits per heavy atom. The number of carbonyl (C=O) groups excluding carboxylic acids is 2. The van der Waals surface area contributed by atoms with Crippen LogP contribution in [0, 0.1) is 50.2 Å². The van der Waals surface area contributed by atoms with Crippen LogP contribution in [0.3, 0.4) is 0 Å². The van der Waals surface area contributed by atoms with Gasteiger partial charge in [0, 0.05) is 19.3 Å². The molecular weight excluding hydrogens is 889 g/mol. The molecule has 3 aliphatic heterocycles. The highest BCUT2D eigenvalue weighted by atomic mass is 16.8. The molecule has 3 saturated heterocycles. The Hall–Kier alpha value is -2.33. The van der Waals surface area contributed by atoms with Crippen molar-refractivity contribution in [2.24, 2.45) is 50.2 Å². The Morgan fingerprint density at radius 3 is 1.96 bits per heavy atom. The van der Waals surface area contributed by atoms with Gasteiger partial charge in [-0.05, 0) is 111 Å². The summed E-state index contributed by atoms with van der Waals surface area (Å²) in [7, 11) is 0. The number of aliphatic carboxylic acids is 1. The van der Waals surface area contributed by atoms with Gasteiger partial charge in [-0.1, -0.05) is 53.2 Å². The van der Waals surface area contributed by atoms with Gasteiger partial charge in [-0.15, -0.1) is 0 Å². The lowest BCUT2D eigenvalue weighted by molar-refractivity contribution is -0.379. The molecule has 0 bridgehead atoms. The molecule has 18 nitrogen and oxygen atoms in total. The van der Waals surface area contributed by atoms with Crippen molar-refractivity contribution in [3.63, 3.8) is 0 Å². The van der Waals surface area contributed by atoms with E-state index in [2.05, 4.69) is 40.7 Å². The molecule has 8 aliphatic rings. The van der Waals surface area contributed by atoms with Crippen LogP contribution in [0.5, 0.6) is 0 Å². The number of fused-ring (bicyclic) bond motifs is 7. The maximum Gasteiger partial charge on any atom is 0.310 e. The highest BCUT2D eigenvalue weighted by Gasteiger charge is 2.70. The van der Waals surface area contributed by atoms with Crippen molar-refractivity contribution < 1.29 is 88.0 Å². The number of carbonyl (C=O) groups is 3. The van der Waals surface area contributed by atoms with E-state index in [1.54, 1.807) is 0 Å². The molecule has 3 heterocycles. The summed E-state index contributed by atoms with van der Waals surface area (Å²) >= 11 is 0. The molecule has 68 heavy (non-hydrogen) atoms. The van der Waals surface area contributed by atoms with Crippen LogP contribution in [-0.2, 0) is 52.3 Å². The van der Waals surface area contributed by atoms with Gasteiger partial charge in [-0.2, -0.15) is 0 Å². The van der Waals surface area contributed by atoms with E-state index in [1.165, 1.54) is 12.5 Å². The number of carboxylic acid groups (broad SMARTS) is 1. The molecule has 5 aliphatic carbocycles. The molecule has 22 atom stereocenters. The SMILES string of the molecule is CC(=O)O[C@@H]1[C@@H](OC(C)=O)[C@H](O[C@@H]2[C@@H](O)[C@H](C)O[C@@H](O[C@H]3[C@H](O[C@H]4CC[C@@]5(C)[C@@H](CC[C@]6(C)[C@@H]5CC=C5[C@@H]7CC(C)(C)CC[C@]7(C(=O)O)CC[C@]56C)[C@]4(C)CO)OC[C@H](O)[C@@H]3O)[C@@H]2O)OC[C@H]1O. The molecule has 7 N–H and O–H groups in total. The third-order valence-electron chi connectivity index (χ3n) is 19.2. The predicted molar refractivity (Wildman–Crippen MR) is 238 cm³/mol. The van der Waals surface area contributed by atoms with E-state index in [-0.39, 0.29) is 52.6 Å². The highest BCUT2D eigenvalue weighted by molar-refractivity contribution is 5.76. The van der Waals surface area contributed by atoms with Gasteiger partial charge >= 0.3 is 17.9 Å². The minimum atomic E-state index is -1.80. The molecule has 0 amide bonds. The molecule has 0 aromatic heterocycles. The largest absolute Gasteiger partial charge is 0.481 e. The first kappa shape index (κ1) is 52.0. The van der Waals surface area contributed by atoms with Crippen LogP contribution in [0.1, 0.15) is 127 Å². The van der Waals surface area contributed by atoms with Gasteiger partial charge in [0.25, 0.3) is 0 Å². The summed E-state index contributed by atoms with van der Waals surface area (Å²) < 4.78 is 47.4. The second-order valence-corrected chi connectivity index (χ2v) is 23.6. The molecule has 0 unspecified atom stereocenters. The van der Waals surface area contributed by atoms with Crippen LogP contribution in [0.25, 0.3) is 0 Å². The standard InChI is InChI=1S/C50H78O18/c1-24-34(56)38(67-43-40(65-26(3)53)37(64-25(2)52)30(55)22-62-43)36(58)41(63-24)68-39-35(57)29(54)21-61-42(39)66-33-13-14-46(6)31(47(33,7)23-51)12-15-49(9)32(46)11-10-27-28-20-45(4,5)16-18-50(28,44(59)60)19-17-48(27,49)8/h10,24,28-43,51,54-58H,11-23H2,1-9H3,(H,59,60)/t24-,28-,29-,30+,31+,32+,33-,34-,35-,36+,37-,38+,39+,40+,41-,42-,43-,46-,47-,48+,49+,50-/m0/s1. The molecule has 8 rings (SSSR count). The van der Waals surface area contributed by atoms with E-state index in [4.69, 9.17) is 37.9 Å². The molecule has 18 heteroatoms. The number of aliphatic hydroxyl groups is 6. The molecule has 0 radical (unpaired) electrons. The van der Waals surface area contributed by atoms with E-state index in [1.807, 2.05) is 6.92 Å². The summed E-state index contributed by atoms with van der Waals surface area (Å²) in [6.07, 6.45) is -9.55. The summed E-state index contributed by atoms with van der Waals surface area (Å²) in [4.78, 5) is 37.2. The summed E-state index contributed by atoms with van der Waals surface area (Å²) in [5.74, 6) is -2.00. The second kappa shape index (κ2) is 18.6. The lowest BCUT2D eigenvalue weighted by atomic mass is 9.33. The first-order chi connectivity index (χ1) is 31.8. The Morgan fingerprint density at radius 2 is 1.31 bits per heavy atom. The summed E-state index contributed by atoms with van der Waals surface area (Å²) in [6, 6.07) is 0. The van der Waals surface area contributed by atoms with Crippen LogP contribution >= 0.6 is 0 Å². The monoisotopic (exact) mass is 967 g/mol. The number of aliphatic hydroxyl groups excluding tert-OH is 6. The third kappa shape index (κ3) is 8.49. The third-order valence-corrected chi connectivity index (χ3v) is 19.2. The van der Waals surface area contributed by atoms with Gasteiger partial charge in [0.2, 0.25) is 0 Å². The van der Waals surface area contributed by atoms with E-state index < -0.39 is 121 Å². The first-order valence-corrected chi connectivity index (χ1v) is 24.9. The fraction of sp³-hybridized carbons (Fsp3) is 0.900. The topological polar surface area (TPSA) is 267 Å². The normalized spacial score (nSPS) is 51.1. The minimum Gasteiger partial charge on any atom is -0.481 e. The van der Waals surface area contributed by atoms with Crippen molar-refractivity contribution >= 4 is 17.9 Å². The highest BCUT2D eigenvalue weighted by Crippen LogP contribution is 2.76. The predicted octanol–water partition coefficient (Wildman–Crippen LogP) is 3.13.